The third-order valence-corrected chi connectivity index (χ3v) is 4.85. The first kappa shape index (κ1) is 20.9. The quantitative estimate of drug-likeness (QED) is 0.366. The van der Waals surface area contributed by atoms with Gasteiger partial charge in [-0.15, -0.1) is 0 Å². The van der Waals surface area contributed by atoms with E-state index in [0.29, 0.717) is 28.7 Å². The van der Waals surface area contributed by atoms with Crippen LogP contribution in [0.25, 0.3) is 0 Å². The largest absolute Gasteiger partial charge is 0.493 e. The Kier molecular flexibility index (Phi) is 7.27. The van der Waals surface area contributed by atoms with Crippen LogP contribution in [-0.4, -0.2) is 19.2 Å². The molecule has 0 aliphatic carbocycles. The van der Waals surface area contributed by atoms with E-state index < -0.39 is 0 Å². The molecular weight excluding hydrogens is 456 g/mol. The van der Waals surface area contributed by atoms with Crippen LogP contribution in [0.15, 0.2) is 76.3 Å². The number of hydrazone groups is 1. The van der Waals surface area contributed by atoms with E-state index in [1.165, 1.54) is 6.21 Å². The number of carbonyl (C=O) groups is 1. The number of halogens is 2. The van der Waals surface area contributed by atoms with Gasteiger partial charge >= 0.3 is 0 Å². The lowest BCUT2D eigenvalue weighted by molar-refractivity contribution is 0.0955. The maximum absolute atomic E-state index is 12.1. The highest BCUT2D eigenvalue weighted by molar-refractivity contribution is 9.10. The number of hydrogen-bond donors (Lipinski definition) is 1. The highest BCUT2D eigenvalue weighted by atomic mass is 79.9. The van der Waals surface area contributed by atoms with Gasteiger partial charge in [-0.3, -0.25) is 4.79 Å². The van der Waals surface area contributed by atoms with Crippen molar-refractivity contribution < 1.29 is 14.3 Å². The summed E-state index contributed by atoms with van der Waals surface area (Å²) >= 11 is 9.42. The van der Waals surface area contributed by atoms with E-state index in [2.05, 4.69) is 26.5 Å². The minimum Gasteiger partial charge on any atom is -0.493 e. The van der Waals surface area contributed by atoms with Crippen LogP contribution < -0.4 is 14.9 Å². The molecule has 1 amide bonds. The van der Waals surface area contributed by atoms with Gasteiger partial charge < -0.3 is 9.47 Å². The van der Waals surface area contributed by atoms with Crippen molar-refractivity contribution in [3.05, 3.63) is 92.9 Å². The molecule has 0 aliphatic rings. The SMILES string of the molecule is COc1cc(/C=N\NC(=O)c2ccccc2Cl)ccc1OCc1ccc(Br)cc1. The second-order valence-corrected chi connectivity index (χ2v) is 7.33. The molecule has 0 atom stereocenters. The zero-order chi connectivity index (χ0) is 20.6. The Morgan fingerprint density at radius 3 is 2.59 bits per heavy atom. The van der Waals surface area contributed by atoms with Crippen LogP contribution in [0, 0.1) is 0 Å². The van der Waals surface area contributed by atoms with Crippen LogP contribution in [0.5, 0.6) is 11.5 Å². The molecule has 5 nitrogen and oxygen atoms in total. The summed E-state index contributed by atoms with van der Waals surface area (Å²) in [7, 11) is 1.57. The summed E-state index contributed by atoms with van der Waals surface area (Å²) in [5, 5.41) is 4.35. The van der Waals surface area contributed by atoms with Gasteiger partial charge in [0.25, 0.3) is 5.91 Å². The highest BCUT2D eigenvalue weighted by Crippen LogP contribution is 2.28. The Morgan fingerprint density at radius 1 is 1.10 bits per heavy atom. The molecule has 0 fully saturated rings. The molecule has 0 unspecified atom stereocenters. The van der Waals surface area contributed by atoms with Crippen molar-refractivity contribution in [3.63, 3.8) is 0 Å². The smallest absolute Gasteiger partial charge is 0.272 e. The molecule has 0 radical (unpaired) electrons. The molecule has 148 valence electrons. The first-order chi connectivity index (χ1) is 14.1. The Balaban J connectivity index is 1.63. The van der Waals surface area contributed by atoms with E-state index in [1.54, 1.807) is 43.5 Å². The van der Waals surface area contributed by atoms with Crippen molar-refractivity contribution in [3.8, 4) is 11.5 Å². The molecule has 0 heterocycles. The van der Waals surface area contributed by atoms with Crippen LogP contribution in [0.1, 0.15) is 21.5 Å². The maximum Gasteiger partial charge on any atom is 0.272 e. The first-order valence-corrected chi connectivity index (χ1v) is 9.87. The number of hydrogen-bond acceptors (Lipinski definition) is 4. The lowest BCUT2D eigenvalue weighted by atomic mass is 10.2. The second-order valence-electron chi connectivity index (χ2n) is 6.00. The van der Waals surface area contributed by atoms with Gasteiger partial charge in [-0.2, -0.15) is 5.10 Å². The Morgan fingerprint density at radius 2 is 1.86 bits per heavy atom. The summed E-state index contributed by atoms with van der Waals surface area (Å²) in [5.74, 6) is 0.810. The van der Waals surface area contributed by atoms with Gasteiger partial charge in [0.05, 0.1) is 23.9 Å². The van der Waals surface area contributed by atoms with Crippen molar-refractivity contribution in [1.82, 2.24) is 5.43 Å². The fourth-order valence-corrected chi connectivity index (χ4v) is 2.98. The van der Waals surface area contributed by atoms with Gasteiger partial charge in [0.2, 0.25) is 0 Å². The topological polar surface area (TPSA) is 59.9 Å². The number of ether oxygens (including phenoxy) is 2. The fraction of sp³-hybridized carbons (Fsp3) is 0.0909. The summed E-state index contributed by atoms with van der Waals surface area (Å²) in [6, 6.07) is 20.1. The van der Waals surface area contributed by atoms with Crippen LogP contribution in [-0.2, 0) is 6.61 Å². The number of benzene rings is 3. The van der Waals surface area contributed by atoms with Gasteiger partial charge in [-0.25, -0.2) is 5.43 Å². The lowest BCUT2D eigenvalue weighted by Gasteiger charge is -2.11. The molecule has 0 spiro atoms. The van der Waals surface area contributed by atoms with E-state index in [-0.39, 0.29) is 5.91 Å². The molecule has 0 aliphatic heterocycles. The van der Waals surface area contributed by atoms with Crippen molar-refractivity contribution >= 4 is 39.7 Å². The third kappa shape index (κ3) is 5.82. The van der Waals surface area contributed by atoms with Crippen molar-refractivity contribution in [2.45, 2.75) is 6.61 Å². The summed E-state index contributed by atoms with van der Waals surface area (Å²) in [6.07, 6.45) is 1.52. The minimum absolute atomic E-state index is 0.362. The molecule has 3 rings (SSSR count). The molecule has 29 heavy (non-hydrogen) atoms. The number of amides is 1. The summed E-state index contributed by atoms with van der Waals surface area (Å²) < 4.78 is 12.3. The average Bonchev–Trinajstić information content (AvgIpc) is 2.74. The minimum atomic E-state index is -0.381. The normalized spacial score (nSPS) is 10.7. The van der Waals surface area contributed by atoms with Gasteiger partial charge in [-0.05, 0) is 53.6 Å². The predicted molar refractivity (Wildman–Crippen MR) is 118 cm³/mol. The lowest BCUT2D eigenvalue weighted by Crippen LogP contribution is -2.17. The predicted octanol–water partition coefficient (Wildman–Crippen LogP) is 5.45. The van der Waals surface area contributed by atoms with E-state index in [1.807, 2.05) is 30.3 Å². The molecule has 0 aromatic heterocycles. The van der Waals surface area contributed by atoms with Crippen LogP contribution in [0.2, 0.25) is 5.02 Å². The maximum atomic E-state index is 12.1. The van der Waals surface area contributed by atoms with Crippen LogP contribution in [0.4, 0.5) is 0 Å². The molecule has 7 heteroatoms. The summed E-state index contributed by atoms with van der Waals surface area (Å²) in [6.45, 7) is 0.422. The fourth-order valence-electron chi connectivity index (χ4n) is 2.50. The van der Waals surface area contributed by atoms with E-state index in [0.717, 1.165) is 15.6 Å². The van der Waals surface area contributed by atoms with Gasteiger partial charge in [0.15, 0.2) is 11.5 Å². The third-order valence-electron chi connectivity index (χ3n) is 3.99. The van der Waals surface area contributed by atoms with Crippen molar-refractivity contribution in [2.24, 2.45) is 5.10 Å². The van der Waals surface area contributed by atoms with Crippen LogP contribution >= 0.6 is 27.5 Å². The molecule has 0 bridgehead atoms. The van der Waals surface area contributed by atoms with Crippen LogP contribution in [0.3, 0.4) is 0 Å². The second kappa shape index (κ2) is 10.1. The Hall–Kier alpha value is -2.83. The number of nitrogens with zero attached hydrogens (tertiary/aromatic N) is 1. The molecule has 3 aromatic carbocycles. The van der Waals surface area contributed by atoms with Gasteiger partial charge in [0, 0.05) is 4.47 Å². The molecule has 0 saturated carbocycles. The number of nitrogens with one attached hydrogen (secondary N) is 1. The zero-order valence-corrected chi connectivity index (χ0v) is 17.9. The average molecular weight is 474 g/mol. The number of rotatable bonds is 7. The molecule has 3 aromatic rings. The molecular formula is C22H18BrClN2O3. The number of carbonyl (C=O) groups excluding carboxylic acids is 1. The zero-order valence-electron chi connectivity index (χ0n) is 15.6. The molecule has 0 saturated heterocycles. The summed E-state index contributed by atoms with van der Waals surface area (Å²) in [4.78, 5) is 12.1. The standard InChI is InChI=1S/C22H18BrClN2O3/c1-28-21-12-16(13-25-26-22(27)18-4-2-3-5-19(18)24)8-11-20(21)29-14-15-6-9-17(23)10-7-15/h2-13H,14H2,1H3,(H,26,27)/b25-13-. The first-order valence-electron chi connectivity index (χ1n) is 8.70. The van der Waals surface area contributed by atoms with E-state index >= 15 is 0 Å². The Bertz CT molecular complexity index is 1020. The van der Waals surface area contributed by atoms with Crippen molar-refractivity contribution in [2.75, 3.05) is 7.11 Å². The monoisotopic (exact) mass is 472 g/mol. The van der Waals surface area contributed by atoms with Gasteiger partial charge in [0.1, 0.15) is 6.61 Å². The van der Waals surface area contributed by atoms with Gasteiger partial charge in [-0.1, -0.05) is 51.8 Å². The van der Waals surface area contributed by atoms with E-state index in [4.69, 9.17) is 21.1 Å². The van der Waals surface area contributed by atoms with Crippen molar-refractivity contribution in [1.29, 1.82) is 0 Å². The van der Waals surface area contributed by atoms with E-state index in [9.17, 15) is 4.79 Å². The summed E-state index contributed by atoms with van der Waals surface area (Å²) in [5.41, 5.74) is 4.62. The number of methoxy groups -OCH3 is 1. The Labute approximate surface area is 182 Å². The highest BCUT2D eigenvalue weighted by Gasteiger charge is 2.08. The molecule has 1 N–H and O–H groups in total.